The summed E-state index contributed by atoms with van der Waals surface area (Å²) < 4.78 is 5.21. The number of amides is 1. The Labute approximate surface area is 130 Å². The van der Waals surface area contributed by atoms with Gasteiger partial charge in [0.25, 0.3) is 5.91 Å². The third kappa shape index (κ3) is 4.09. The molecule has 1 saturated heterocycles. The molecule has 6 heteroatoms. The van der Waals surface area contributed by atoms with Crippen LogP contribution in [0.5, 0.6) is 5.75 Å². The number of likely N-dealkylation sites (N-methyl/N-ethyl adjacent to an activating group) is 2. The predicted octanol–water partition coefficient (Wildman–Crippen LogP) is 1.32. The highest BCUT2D eigenvalue weighted by molar-refractivity contribution is 6.30. The van der Waals surface area contributed by atoms with Crippen LogP contribution in [0.1, 0.15) is 10.4 Å². The molecule has 0 aliphatic carbocycles. The summed E-state index contributed by atoms with van der Waals surface area (Å²) in [4.78, 5) is 16.9. The van der Waals surface area contributed by atoms with Gasteiger partial charge in [0.2, 0.25) is 0 Å². The van der Waals surface area contributed by atoms with Crippen LogP contribution in [0.15, 0.2) is 18.2 Å². The molecule has 1 aliphatic heterocycles. The van der Waals surface area contributed by atoms with Crippen molar-refractivity contribution in [2.75, 3.05) is 47.4 Å². The average molecular weight is 312 g/mol. The molecule has 1 amide bonds. The summed E-state index contributed by atoms with van der Waals surface area (Å²) in [6, 6.07) is 5.36. The topological polar surface area (TPSA) is 44.8 Å². The largest absolute Gasteiger partial charge is 0.496 e. The van der Waals surface area contributed by atoms with Crippen molar-refractivity contribution in [3.05, 3.63) is 28.8 Å². The quantitative estimate of drug-likeness (QED) is 0.911. The molecule has 1 heterocycles. The molecule has 0 saturated carbocycles. The van der Waals surface area contributed by atoms with E-state index in [9.17, 15) is 4.79 Å². The molecule has 1 atom stereocenters. The van der Waals surface area contributed by atoms with E-state index in [1.54, 1.807) is 18.2 Å². The summed E-state index contributed by atoms with van der Waals surface area (Å²) in [5, 5.41) is 3.54. The normalized spacial score (nSPS) is 20.3. The maximum absolute atomic E-state index is 12.3. The van der Waals surface area contributed by atoms with Gasteiger partial charge in [0, 0.05) is 37.2 Å². The molecule has 116 valence electrons. The lowest BCUT2D eigenvalue weighted by atomic mass is 10.1. The number of carbonyl (C=O) groups excluding carboxylic acids is 1. The Balaban J connectivity index is 1.98. The van der Waals surface area contributed by atoms with Gasteiger partial charge in [-0.1, -0.05) is 11.6 Å². The van der Waals surface area contributed by atoms with E-state index in [1.165, 1.54) is 7.11 Å². The van der Waals surface area contributed by atoms with Gasteiger partial charge in [-0.05, 0) is 32.3 Å². The van der Waals surface area contributed by atoms with E-state index in [-0.39, 0.29) is 5.91 Å². The van der Waals surface area contributed by atoms with Crippen LogP contribution >= 0.6 is 11.6 Å². The SMILES string of the molecule is COc1cc(Cl)ccc1C(=O)NCC1CN(C)CCN1C. The van der Waals surface area contributed by atoms with Crippen molar-refractivity contribution in [1.82, 2.24) is 15.1 Å². The van der Waals surface area contributed by atoms with E-state index < -0.39 is 0 Å². The van der Waals surface area contributed by atoms with Crippen LogP contribution in [0.25, 0.3) is 0 Å². The van der Waals surface area contributed by atoms with E-state index in [2.05, 4.69) is 29.2 Å². The fourth-order valence-electron chi connectivity index (χ4n) is 2.48. The summed E-state index contributed by atoms with van der Waals surface area (Å²) in [5.74, 6) is 0.360. The predicted molar refractivity (Wildman–Crippen MR) is 84.3 cm³/mol. The first-order valence-corrected chi connectivity index (χ1v) is 7.39. The molecule has 1 aliphatic rings. The summed E-state index contributed by atoms with van der Waals surface area (Å²) in [5.41, 5.74) is 0.508. The van der Waals surface area contributed by atoms with Gasteiger partial charge in [-0.2, -0.15) is 0 Å². The second-order valence-corrected chi connectivity index (χ2v) is 5.89. The van der Waals surface area contributed by atoms with Crippen molar-refractivity contribution in [3.63, 3.8) is 0 Å². The van der Waals surface area contributed by atoms with Crippen LogP contribution in [0, 0.1) is 0 Å². The van der Waals surface area contributed by atoms with Crippen molar-refractivity contribution < 1.29 is 9.53 Å². The van der Waals surface area contributed by atoms with Gasteiger partial charge in [0.15, 0.2) is 0 Å². The Morgan fingerprint density at radius 2 is 2.19 bits per heavy atom. The van der Waals surface area contributed by atoms with Crippen molar-refractivity contribution in [1.29, 1.82) is 0 Å². The first kappa shape index (κ1) is 16.1. The fraction of sp³-hybridized carbons (Fsp3) is 0.533. The molecule has 0 bridgehead atoms. The van der Waals surface area contributed by atoms with Crippen molar-refractivity contribution in [2.45, 2.75) is 6.04 Å². The lowest BCUT2D eigenvalue weighted by Crippen LogP contribution is -2.54. The lowest BCUT2D eigenvalue weighted by Gasteiger charge is -2.37. The molecule has 0 radical (unpaired) electrons. The van der Waals surface area contributed by atoms with Crippen LogP contribution in [0.3, 0.4) is 0 Å². The van der Waals surface area contributed by atoms with Crippen molar-refractivity contribution in [3.8, 4) is 5.75 Å². The van der Waals surface area contributed by atoms with E-state index in [0.29, 0.717) is 28.9 Å². The average Bonchev–Trinajstić information content (AvgIpc) is 2.47. The Bertz CT molecular complexity index is 510. The highest BCUT2D eigenvalue weighted by atomic mass is 35.5. The lowest BCUT2D eigenvalue weighted by molar-refractivity contribution is 0.0878. The molecule has 21 heavy (non-hydrogen) atoms. The monoisotopic (exact) mass is 311 g/mol. The first-order valence-electron chi connectivity index (χ1n) is 7.01. The van der Waals surface area contributed by atoms with Gasteiger partial charge in [-0.15, -0.1) is 0 Å². The number of rotatable bonds is 4. The fourth-order valence-corrected chi connectivity index (χ4v) is 2.64. The molecule has 0 spiro atoms. The third-order valence-electron chi connectivity index (χ3n) is 3.89. The second kappa shape index (κ2) is 7.11. The van der Waals surface area contributed by atoms with E-state index in [4.69, 9.17) is 16.3 Å². The maximum Gasteiger partial charge on any atom is 0.255 e. The highest BCUT2D eigenvalue weighted by Crippen LogP contribution is 2.23. The van der Waals surface area contributed by atoms with Gasteiger partial charge < -0.3 is 15.0 Å². The van der Waals surface area contributed by atoms with E-state index >= 15 is 0 Å². The number of nitrogens with zero attached hydrogens (tertiary/aromatic N) is 2. The number of benzene rings is 1. The Kier molecular flexibility index (Phi) is 5.45. The van der Waals surface area contributed by atoms with Gasteiger partial charge in [0.1, 0.15) is 5.75 Å². The summed E-state index contributed by atoms with van der Waals surface area (Å²) in [7, 11) is 5.73. The minimum absolute atomic E-state index is 0.134. The number of piperazine rings is 1. The number of nitrogens with one attached hydrogen (secondary N) is 1. The molecule has 0 aromatic heterocycles. The first-order chi connectivity index (χ1) is 10.0. The molecule has 1 fully saturated rings. The number of ether oxygens (including phenoxy) is 1. The van der Waals surface area contributed by atoms with Crippen LogP contribution < -0.4 is 10.1 Å². The van der Waals surface area contributed by atoms with Crippen LogP contribution in [0.2, 0.25) is 5.02 Å². The van der Waals surface area contributed by atoms with Gasteiger partial charge >= 0.3 is 0 Å². The summed E-state index contributed by atoms with van der Waals surface area (Å²) in [6.07, 6.45) is 0. The standard InChI is InChI=1S/C15H22ClN3O2/c1-18-6-7-19(2)12(10-18)9-17-15(20)13-5-4-11(16)8-14(13)21-3/h4-5,8,12H,6-7,9-10H2,1-3H3,(H,17,20). The van der Waals surface area contributed by atoms with E-state index in [1.807, 2.05) is 0 Å². The van der Waals surface area contributed by atoms with Crippen LogP contribution in [0.4, 0.5) is 0 Å². The molecule has 1 aromatic carbocycles. The third-order valence-corrected chi connectivity index (χ3v) is 4.12. The molecule has 1 N–H and O–H groups in total. The number of halogens is 1. The van der Waals surface area contributed by atoms with Gasteiger partial charge in [0.05, 0.1) is 12.7 Å². The van der Waals surface area contributed by atoms with Crippen molar-refractivity contribution >= 4 is 17.5 Å². The van der Waals surface area contributed by atoms with Crippen molar-refractivity contribution in [2.24, 2.45) is 0 Å². The van der Waals surface area contributed by atoms with Gasteiger partial charge in [-0.3, -0.25) is 9.69 Å². The van der Waals surface area contributed by atoms with Crippen LogP contribution in [-0.4, -0.2) is 69.1 Å². The Hall–Kier alpha value is -1.30. The number of carbonyl (C=O) groups is 1. The van der Waals surface area contributed by atoms with Crippen LogP contribution in [-0.2, 0) is 0 Å². The molecule has 2 rings (SSSR count). The number of hydrogen-bond donors (Lipinski definition) is 1. The highest BCUT2D eigenvalue weighted by Gasteiger charge is 2.23. The number of methoxy groups -OCH3 is 1. The molecule has 1 unspecified atom stereocenters. The minimum Gasteiger partial charge on any atom is -0.496 e. The van der Waals surface area contributed by atoms with E-state index in [0.717, 1.165) is 19.6 Å². The zero-order chi connectivity index (χ0) is 15.4. The zero-order valence-electron chi connectivity index (χ0n) is 12.7. The Morgan fingerprint density at radius 3 is 2.90 bits per heavy atom. The number of hydrogen-bond acceptors (Lipinski definition) is 4. The molecule has 1 aromatic rings. The maximum atomic E-state index is 12.3. The summed E-state index contributed by atoms with van der Waals surface area (Å²) >= 11 is 5.91. The smallest absolute Gasteiger partial charge is 0.255 e. The van der Waals surface area contributed by atoms with Gasteiger partial charge in [-0.25, -0.2) is 0 Å². The zero-order valence-corrected chi connectivity index (χ0v) is 13.5. The Morgan fingerprint density at radius 1 is 1.43 bits per heavy atom. The molecule has 5 nitrogen and oxygen atoms in total. The molecular formula is C15H22ClN3O2. The summed E-state index contributed by atoms with van der Waals surface area (Å²) in [6.45, 7) is 3.65. The molecular weight excluding hydrogens is 290 g/mol. The minimum atomic E-state index is -0.134. The second-order valence-electron chi connectivity index (χ2n) is 5.45.